The Morgan fingerprint density at radius 3 is 1.25 bits per heavy atom. The van der Waals surface area contributed by atoms with Gasteiger partial charge in [-0.15, -0.1) is 0 Å². The molecule has 3 fully saturated rings. The van der Waals surface area contributed by atoms with E-state index in [1.807, 2.05) is 6.08 Å². The van der Waals surface area contributed by atoms with Crippen molar-refractivity contribution in [2.75, 3.05) is 26.4 Å². The van der Waals surface area contributed by atoms with Crippen LogP contribution in [-0.2, 0) is 33.2 Å². The quantitative estimate of drug-likeness (QED) is 0.0217. The van der Waals surface area contributed by atoms with E-state index in [2.05, 4.69) is 19.2 Å². The first-order valence-corrected chi connectivity index (χ1v) is 32.4. The molecule has 19 nitrogen and oxygen atoms in total. The van der Waals surface area contributed by atoms with Gasteiger partial charge in [0.15, 0.2) is 18.9 Å². The molecule has 17 atom stereocenters. The molecule has 12 N–H and O–H groups in total. The maximum atomic E-state index is 13.4. The zero-order valence-corrected chi connectivity index (χ0v) is 50.0. The smallest absolute Gasteiger partial charge is 0.220 e. The molecule has 1 amide bonds. The first-order chi connectivity index (χ1) is 39.3. The van der Waals surface area contributed by atoms with Crippen molar-refractivity contribution < 1.29 is 89.4 Å². The molecule has 0 aromatic heterocycles. The zero-order chi connectivity index (χ0) is 59.0. The number of allylic oxidation sites excluding steroid dienone is 1. The Kier molecular flexibility index (Phi) is 41.7. The third kappa shape index (κ3) is 29.2. The molecule has 0 aromatic rings. The van der Waals surface area contributed by atoms with E-state index in [1.54, 1.807) is 6.08 Å². The lowest BCUT2D eigenvalue weighted by molar-refractivity contribution is -0.380. The van der Waals surface area contributed by atoms with Crippen LogP contribution in [0, 0.1) is 0 Å². The number of hydrogen-bond acceptors (Lipinski definition) is 18. The monoisotopic (exact) mass is 1160 g/mol. The molecule has 0 saturated carbocycles. The average Bonchev–Trinajstić information content (AvgIpc) is 3.46. The van der Waals surface area contributed by atoms with Crippen LogP contribution in [-0.4, -0.2) is 193 Å². The number of unbranched alkanes of at least 4 members (excludes halogenated alkanes) is 33. The molecule has 0 radical (unpaired) electrons. The second-order valence-electron chi connectivity index (χ2n) is 23.6. The minimum absolute atomic E-state index is 0.245. The molecule has 0 aliphatic carbocycles. The average molecular weight is 1160 g/mol. The summed E-state index contributed by atoms with van der Waals surface area (Å²) in [5.74, 6) is -0.275. The van der Waals surface area contributed by atoms with E-state index >= 15 is 0 Å². The molecule has 0 bridgehead atoms. The normalized spacial score (nSPS) is 29.8. The molecule has 3 aliphatic rings. The number of carbonyl (C=O) groups excluding carboxylic acids is 1. The molecule has 81 heavy (non-hydrogen) atoms. The van der Waals surface area contributed by atoms with Crippen LogP contribution in [0.5, 0.6) is 0 Å². The first-order valence-electron chi connectivity index (χ1n) is 32.4. The van der Waals surface area contributed by atoms with Gasteiger partial charge < -0.3 is 89.9 Å². The highest BCUT2D eigenvalue weighted by atomic mass is 16.8. The standard InChI is InChI=1S/C62H117NO18/c1-3-5-7-9-11-13-15-17-18-19-20-21-22-23-24-25-26-28-30-32-34-36-38-40-50(68)63-45(46(67)39-37-35-33-31-29-27-16-14-12-10-8-6-4-2)44-76-60-56(74)54(72)58(49(43-66)79-60)80-62-57(75)59(52(70)48(42-65)78-62)81-61-55(73)53(71)51(69)47(41-64)77-61/h37,39,45-49,51-62,64-67,69-75H,3-36,38,40-44H2,1-2H3,(H,63,68)/b39-37+/t45-,46+,47?,48?,49?,51-,52-,53-,54+,55?,56?,57?,58+,59-,60+,61+,62-/m0/s1. The van der Waals surface area contributed by atoms with Gasteiger partial charge in [-0.25, -0.2) is 0 Å². The van der Waals surface area contributed by atoms with Crippen LogP contribution in [0.15, 0.2) is 12.2 Å². The van der Waals surface area contributed by atoms with Gasteiger partial charge >= 0.3 is 0 Å². The number of nitrogens with one attached hydrogen (secondary N) is 1. The maximum absolute atomic E-state index is 13.4. The predicted molar refractivity (Wildman–Crippen MR) is 310 cm³/mol. The van der Waals surface area contributed by atoms with Gasteiger partial charge in [-0.3, -0.25) is 4.79 Å². The van der Waals surface area contributed by atoms with Gasteiger partial charge in [0.05, 0.1) is 38.6 Å². The van der Waals surface area contributed by atoms with Crippen molar-refractivity contribution in [3.8, 4) is 0 Å². The van der Waals surface area contributed by atoms with Crippen LogP contribution in [0.4, 0.5) is 0 Å². The van der Waals surface area contributed by atoms with Crippen LogP contribution in [0.3, 0.4) is 0 Å². The molecule has 3 heterocycles. The fourth-order valence-electron chi connectivity index (χ4n) is 11.2. The Morgan fingerprint density at radius 2 is 0.802 bits per heavy atom. The zero-order valence-electron chi connectivity index (χ0n) is 50.0. The molecule has 3 rings (SSSR count). The molecule has 0 aromatic carbocycles. The van der Waals surface area contributed by atoms with Crippen molar-refractivity contribution in [1.29, 1.82) is 0 Å². The van der Waals surface area contributed by atoms with Crippen molar-refractivity contribution in [3.05, 3.63) is 12.2 Å². The van der Waals surface area contributed by atoms with Crippen molar-refractivity contribution in [3.63, 3.8) is 0 Å². The molecule has 3 aliphatic heterocycles. The summed E-state index contributed by atoms with van der Waals surface area (Å²) in [5, 5.41) is 120. The minimum Gasteiger partial charge on any atom is -0.394 e. The Morgan fingerprint density at radius 1 is 0.432 bits per heavy atom. The highest BCUT2D eigenvalue weighted by Crippen LogP contribution is 2.33. The van der Waals surface area contributed by atoms with Gasteiger partial charge in [-0.1, -0.05) is 231 Å². The van der Waals surface area contributed by atoms with E-state index in [0.29, 0.717) is 6.42 Å². The SMILES string of the molecule is CCCCCCCCCCCCC/C=C/[C@@H](O)[C@H](CO[C@@H]1OC(CO)[C@@H](O[C@@H]2OC(CO)[C@H](O)[C@H](O[C@H]3OC(CO)[C@H](O)[C@H](O)C3O)C2O)[C@H](O)C1O)NC(=O)CCCCCCCCCCCCCCCCCCCCCCCCC. The molecule has 19 heteroatoms. The topological polar surface area (TPSA) is 307 Å². The molecule has 0 spiro atoms. The van der Waals surface area contributed by atoms with Crippen LogP contribution in [0.25, 0.3) is 0 Å². The number of aliphatic hydroxyl groups is 11. The Labute approximate surface area is 486 Å². The molecular formula is C62H117NO18. The van der Waals surface area contributed by atoms with Crippen molar-refractivity contribution >= 4 is 5.91 Å². The summed E-state index contributed by atoms with van der Waals surface area (Å²) in [6.45, 7) is 1.71. The van der Waals surface area contributed by atoms with Gasteiger partial charge in [0.2, 0.25) is 5.91 Å². The van der Waals surface area contributed by atoms with Gasteiger partial charge in [-0.05, 0) is 19.3 Å². The summed E-state index contributed by atoms with van der Waals surface area (Å²) in [6.07, 6.45) is 20.2. The number of carbonyl (C=O) groups is 1. The van der Waals surface area contributed by atoms with E-state index < -0.39 is 124 Å². The largest absolute Gasteiger partial charge is 0.394 e. The Balaban J connectivity index is 1.46. The number of aliphatic hydroxyl groups excluding tert-OH is 11. The third-order valence-electron chi connectivity index (χ3n) is 16.6. The summed E-state index contributed by atoms with van der Waals surface area (Å²) >= 11 is 0. The lowest BCUT2D eigenvalue weighted by atomic mass is 9.96. The maximum Gasteiger partial charge on any atom is 0.220 e. The summed E-state index contributed by atoms with van der Waals surface area (Å²) < 4.78 is 34.3. The van der Waals surface area contributed by atoms with Crippen LogP contribution in [0.2, 0.25) is 0 Å². The molecule has 6 unspecified atom stereocenters. The highest BCUT2D eigenvalue weighted by Gasteiger charge is 2.54. The molecular weight excluding hydrogens is 1050 g/mol. The van der Waals surface area contributed by atoms with Gasteiger partial charge in [0, 0.05) is 6.42 Å². The van der Waals surface area contributed by atoms with E-state index in [-0.39, 0.29) is 18.9 Å². The van der Waals surface area contributed by atoms with Crippen LogP contribution < -0.4 is 5.32 Å². The summed E-state index contributed by atoms with van der Waals surface area (Å²) in [4.78, 5) is 13.4. The lowest BCUT2D eigenvalue weighted by Crippen LogP contribution is -2.67. The third-order valence-corrected chi connectivity index (χ3v) is 16.6. The predicted octanol–water partition coefficient (Wildman–Crippen LogP) is 6.94. The van der Waals surface area contributed by atoms with E-state index in [1.165, 1.54) is 173 Å². The van der Waals surface area contributed by atoms with E-state index in [9.17, 15) is 61.0 Å². The van der Waals surface area contributed by atoms with Gasteiger partial charge in [0.25, 0.3) is 0 Å². The minimum atomic E-state index is -1.97. The fraction of sp³-hybridized carbons (Fsp3) is 0.952. The van der Waals surface area contributed by atoms with Gasteiger partial charge in [-0.2, -0.15) is 0 Å². The Bertz CT molecular complexity index is 1530. The summed E-state index contributed by atoms with van der Waals surface area (Å²) in [7, 11) is 0. The molecule has 478 valence electrons. The summed E-state index contributed by atoms with van der Waals surface area (Å²) in [6, 6.07) is -0.974. The fourth-order valence-corrected chi connectivity index (χ4v) is 11.2. The number of ether oxygens (including phenoxy) is 6. The van der Waals surface area contributed by atoms with Crippen LogP contribution >= 0.6 is 0 Å². The van der Waals surface area contributed by atoms with Crippen molar-refractivity contribution in [1.82, 2.24) is 5.32 Å². The second kappa shape index (κ2) is 45.8. The van der Waals surface area contributed by atoms with Crippen molar-refractivity contribution in [2.24, 2.45) is 0 Å². The van der Waals surface area contributed by atoms with Crippen LogP contribution in [0.1, 0.15) is 245 Å². The van der Waals surface area contributed by atoms with E-state index in [0.717, 1.165) is 44.9 Å². The second-order valence-corrected chi connectivity index (χ2v) is 23.6. The number of hydrogen-bond donors (Lipinski definition) is 12. The Hall–Kier alpha value is -1.47. The van der Waals surface area contributed by atoms with Gasteiger partial charge in [0.1, 0.15) is 73.2 Å². The number of rotatable bonds is 49. The highest BCUT2D eigenvalue weighted by molar-refractivity contribution is 5.76. The van der Waals surface area contributed by atoms with E-state index in [4.69, 9.17) is 28.4 Å². The van der Waals surface area contributed by atoms with Crippen molar-refractivity contribution in [2.45, 2.75) is 349 Å². The molecule has 3 saturated heterocycles. The summed E-state index contributed by atoms with van der Waals surface area (Å²) in [5.41, 5.74) is 0. The first kappa shape index (κ1) is 73.8. The lowest BCUT2D eigenvalue weighted by Gasteiger charge is -2.48. The number of amides is 1.